The van der Waals surface area contributed by atoms with Crippen LogP contribution in [0, 0.1) is 6.92 Å². The van der Waals surface area contributed by atoms with Gasteiger partial charge < -0.3 is 20.1 Å². The summed E-state index contributed by atoms with van der Waals surface area (Å²) in [6, 6.07) is 13.9. The highest BCUT2D eigenvalue weighted by atomic mass is 16.5. The number of fused-ring (bicyclic) bond motifs is 1. The second kappa shape index (κ2) is 8.72. The molecule has 0 saturated carbocycles. The lowest BCUT2D eigenvalue weighted by Crippen LogP contribution is -2.34. The SMILES string of the molecule is COCCOc1cc(C)ccc1NC(=O)NC1CCCc2ccccc21. The molecule has 138 valence electrons. The van der Waals surface area contributed by atoms with E-state index >= 15 is 0 Å². The molecule has 1 atom stereocenters. The van der Waals surface area contributed by atoms with Crippen molar-refractivity contribution in [3.05, 3.63) is 59.2 Å². The van der Waals surface area contributed by atoms with Crippen LogP contribution in [-0.4, -0.2) is 26.4 Å². The van der Waals surface area contributed by atoms with E-state index in [9.17, 15) is 4.79 Å². The van der Waals surface area contributed by atoms with E-state index in [1.807, 2.05) is 31.2 Å². The maximum Gasteiger partial charge on any atom is 0.319 e. The van der Waals surface area contributed by atoms with E-state index in [2.05, 4.69) is 28.8 Å². The molecule has 1 aliphatic carbocycles. The fraction of sp³-hybridized carbons (Fsp3) is 0.381. The normalized spacial score (nSPS) is 15.8. The van der Waals surface area contributed by atoms with Crippen LogP contribution in [0.2, 0.25) is 0 Å². The second-order valence-electron chi connectivity index (χ2n) is 6.58. The van der Waals surface area contributed by atoms with E-state index in [0.717, 1.165) is 24.8 Å². The Morgan fingerprint density at radius 2 is 2.04 bits per heavy atom. The topological polar surface area (TPSA) is 59.6 Å². The lowest BCUT2D eigenvalue weighted by molar-refractivity contribution is 0.146. The Kier molecular flexibility index (Phi) is 6.12. The number of urea groups is 1. The van der Waals surface area contributed by atoms with Crippen LogP contribution in [0.3, 0.4) is 0 Å². The molecular weight excluding hydrogens is 328 g/mol. The van der Waals surface area contributed by atoms with Crippen LogP contribution < -0.4 is 15.4 Å². The number of nitrogens with one attached hydrogen (secondary N) is 2. The molecule has 2 N–H and O–H groups in total. The van der Waals surface area contributed by atoms with Crippen molar-refractivity contribution in [2.45, 2.75) is 32.2 Å². The summed E-state index contributed by atoms with van der Waals surface area (Å²) < 4.78 is 10.8. The summed E-state index contributed by atoms with van der Waals surface area (Å²) in [5, 5.41) is 6.03. The molecule has 5 nitrogen and oxygen atoms in total. The number of hydrogen-bond donors (Lipinski definition) is 2. The molecule has 0 saturated heterocycles. The second-order valence-corrected chi connectivity index (χ2v) is 6.58. The summed E-state index contributed by atoms with van der Waals surface area (Å²) in [7, 11) is 1.63. The molecule has 0 aromatic heterocycles. The van der Waals surface area contributed by atoms with Crippen molar-refractivity contribution >= 4 is 11.7 Å². The number of methoxy groups -OCH3 is 1. The van der Waals surface area contributed by atoms with Crippen LogP contribution in [0.5, 0.6) is 5.75 Å². The average molecular weight is 354 g/mol. The molecule has 0 heterocycles. The van der Waals surface area contributed by atoms with Crippen molar-refractivity contribution in [1.82, 2.24) is 5.32 Å². The summed E-state index contributed by atoms with van der Waals surface area (Å²) in [5.74, 6) is 0.654. The first-order chi connectivity index (χ1) is 12.7. The van der Waals surface area contributed by atoms with Crippen molar-refractivity contribution in [3.8, 4) is 5.75 Å². The van der Waals surface area contributed by atoms with Gasteiger partial charge in [-0.05, 0) is 55.0 Å². The summed E-state index contributed by atoms with van der Waals surface area (Å²) in [6.45, 7) is 2.93. The van der Waals surface area contributed by atoms with Gasteiger partial charge in [-0.2, -0.15) is 0 Å². The van der Waals surface area contributed by atoms with Crippen LogP contribution >= 0.6 is 0 Å². The minimum Gasteiger partial charge on any atom is -0.489 e. The van der Waals surface area contributed by atoms with Crippen molar-refractivity contribution in [2.75, 3.05) is 25.6 Å². The number of aryl methyl sites for hydroxylation is 2. The van der Waals surface area contributed by atoms with Crippen molar-refractivity contribution < 1.29 is 14.3 Å². The fourth-order valence-corrected chi connectivity index (χ4v) is 3.31. The lowest BCUT2D eigenvalue weighted by Gasteiger charge is -2.26. The highest BCUT2D eigenvalue weighted by Crippen LogP contribution is 2.30. The van der Waals surface area contributed by atoms with Crippen molar-refractivity contribution in [1.29, 1.82) is 0 Å². The van der Waals surface area contributed by atoms with E-state index in [1.165, 1.54) is 11.1 Å². The van der Waals surface area contributed by atoms with Gasteiger partial charge in [0.25, 0.3) is 0 Å². The highest BCUT2D eigenvalue weighted by molar-refractivity contribution is 5.91. The van der Waals surface area contributed by atoms with Gasteiger partial charge in [-0.25, -0.2) is 4.79 Å². The molecule has 0 bridgehead atoms. The van der Waals surface area contributed by atoms with Gasteiger partial charge in [0, 0.05) is 7.11 Å². The van der Waals surface area contributed by atoms with Crippen molar-refractivity contribution in [2.24, 2.45) is 0 Å². The summed E-state index contributed by atoms with van der Waals surface area (Å²) in [4.78, 5) is 12.6. The largest absolute Gasteiger partial charge is 0.489 e. The number of benzene rings is 2. The van der Waals surface area contributed by atoms with Crippen LogP contribution in [0.15, 0.2) is 42.5 Å². The van der Waals surface area contributed by atoms with E-state index in [-0.39, 0.29) is 12.1 Å². The molecule has 0 spiro atoms. The smallest absolute Gasteiger partial charge is 0.319 e. The minimum absolute atomic E-state index is 0.0447. The van der Waals surface area contributed by atoms with E-state index in [0.29, 0.717) is 24.7 Å². The minimum atomic E-state index is -0.216. The zero-order chi connectivity index (χ0) is 18.4. The Labute approximate surface area is 154 Å². The van der Waals surface area contributed by atoms with Gasteiger partial charge in [0.2, 0.25) is 0 Å². The quantitative estimate of drug-likeness (QED) is 0.764. The van der Waals surface area contributed by atoms with Gasteiger partial charge >= 0.3 is 6.03 Å². The summed E-state index contributed by atoms with van der Waals surface area (Å²) in [6.07, 6.45) is 3.11. The number of amides is 2. The number of anilines is 1. The van der Waals surface area contributed by atoms with E-state index in [4.69, 9.17) is 9.47 Å². The molecule has 0 fully saturated rings. The highest BCUT2D eigenvalue weighted by Gasteiger charge is 2.21. The molecule has 26 heavy (non-hydrogen) atoms. The first kappa shape index (κ1) is 18.3. The molecule has 5 heteroatoms. The van der Waals surface area contributed by atoms with Crippen molar-refractivity contribution in [3.63, 3.8) is 0 Å². The molecule has 2 amide bonds. The maximum absolute atomic E-state index is 12.6. The predicted octanol–water partition coefficient (Wildman–Crippen LogP) is 4.22. The van der Waals surface area contributed by atoms with Crippen LogP contribution in [0.25, 0.3) is 0 Å². The number of ether oxygens (including phenoxy) is 2. The average Bonchev–Trinajstić information content (AvgIpc) is 2.64. The van der Waals surface area contributed by atoms with Crippen LogP contribution in [0.1, 0.15) is 35.6 Å². The molecule has 0 radical (unpaired) electrons. The van der Waals surface area contributed by atoms with Gasteiger partial charge in [-0.1, -0.05) is 30.3 Å². The van der Waals surface area contributed by atoms with E-state index in [1.54, 1.807) is 7.11 Å². The fourth-order valence-electron chi connectivity index (χ4n) is 3.31. The third-order valence-corrected chi connectivity index (χ3v) is 4.61. The number of carbonyl (C=O) groups excluding carboxylic acids is 1. The zero-order valence-electron chi connectivity index (χ0n) is 15.4. The Bertz CT molecular complexity index is 761. The van der Waals surface area contributed by atoms with Gasteiger partial charge in [0.1, 0.15) is 12.4 Å². The molecule has 3 rings (SSSR count). The maximum atomic E-state index is 12.6. The molecule has 0 aliphatic heterocycles. The predicted molar refractivity (Wildman–Crippen MR) is 103 cm³/mol. The number of carbonyl (C=O) groups is 1. The van der Waals surface area contributed by atoms with E-state index < -0.39 is 0 Å². The summed E-state index contributed by atoms with van der Waals surface area (Å²) >= 11 is 0. The van der Waals surface area contributed by atoms with Crippen LogP contribution in [-0.2, 0) is 11.2 Å². The first-order valence-corrected chi connectivity index (χ1v) is 9.05. The molecule has 2 aromatic carbocycles. The molecular formula is C21H26N2O3. The van der Waals surface area contributed by atoms with Gasteiger partial charge in [-0.3, -0.25) is 0 Å². The lowest BCUT2D eigenvalue weighted by atomic mass is 9.88. The molecule has 2 aromatic rings. The summed E-state index contributed by atoms with van der Waals surface area (Å²) in [5.41, 5.74) is 4.27. The Morgan fingerprint density at radius 1 is 1.19 bits per heavy atom. The zero-order valence-corrected chi connectivity index (χ0v) is 15.4. The Hall–Kier alpha value is -2.53. The van der Waals surface area contributed by atoms with Gasteiger partial charge in [0.15, 0.2) is 0 Å². The van der Waals surface area contributed by atoms with Gasteiger partial charge in [-0.15, -0.1) is 0 Å². The third kappa shape index (κ3) is 4.55. The third-order valence-electron chi connectivity index (χ3n) is 4.61. The van der Waals surface area contributed by atoms with Crippen LogP contribution in [0.4, 0.5) is 10.5 Å². The molecule has 1 unspecified atom stereocenters. The standard InChI is InChI=1S/C21H26N2O3/c1-15-10-11-19(20(14-15)26-13-12-25-2)23-21(24)22-18-9-5-7-16-6-3-4-8-17(16)18/h3-4,6,8,10-11,14,18H,5,7,9,12-13H2,1-2H3,(H2,22,23,24). The Balaban J connectivity index is 1.67. The Morgan fingerprint density at radius 3 is 2.88 bits per heavy atom. The number of rotatable bonds is 6. The first-order valence-electron chi connectivity index (χ1n) is 9.05. The number of hydrogen-bond acceptors (Lipinski definition) is 3. The molecule has 1 aliphatic rings. The monoisotopic (exact) mass is 354 g/mol. The van der Waals surface area contributed by atoms with Gasteiger partial charge in [0.05, 0.1) is 18.3 Å².